The SMILES string of the molecule is COc1ccc(-c2oncc2C(C)=O)c(C)c1C. The van der Waals surface area contributed by atoms with Crippen molar-refractivity contribution < 1.29 is 14.1 Å². The standard InChI is InChI=1S/C14H15NO3/c1-8-9(2)13(17-4)6-5-11(8)14-12(10(3)16)7-15-18-14/h5-7H,1-4H3. The van der Waals surface area contributed by atoms with Crippen LogP contribution >= 0.6 is 0 Å². The maximum Gasteiger partial charge on any atom is 0.177 e. The van der Waals surface area contributed by atoms with E-state index in [1.54, 1.807) is 7.11 Å². The zero-order valence-electron chi connectivity index (χ0n) is 10.9. The highest BCUT2D eigenvalue weighted by Crippen LogP contribution is 2.32. The molecule has 0 radical (unpaired) electrons. The summed E-state index contributed by atoms with van der Waals surface area (Å²) in [5.41, 5.74) is 3.42. The Morgan fingerprint density at radius 3 is 2.61 bits per heavy atom. The molecule has 0 aliphatic rings. The molecule has 18 heavy (non-hydrogen) atoms. The molecule has 94 valence electrons. The van der Waals surface area contributed by atoms with Crippen LogP contribution in [0.4, 0.5) is 0 Å². The summed E-state index contributed by atoms with van der Waals surface area (Å²) in [6.45, 7) is 5.45. The van der Waals surface area contributed by atoms with E-state index >= 15 is 0 Å². The zero-order valence-corrected chi connectivity index (χ0v) is 10.9. The lowest BCUT2D eigenvalue weighted by Gasteiger charge is -2.11. The van der Waals surface area contributed by atoms with Crippen LogP contribution in [0.5, 0.6) is 5.75 Å². The van der Waals surface area contributed by atoms with Crippen LogP contribution in [0.15, 0.2) is 22.9 Å². The molecule has 0 atom stereocenters. The molecule has 2 rings (SSSR count). The average Bonchev–Trinajstić information content (AvgIpc) is 2.81. The first-order valence-electron chi connectivity index (χ1n) is 5.66. The van der Waals surface area contributed by atoms with Crippen molar-refractivity contribution in [2.75, 3.05) is 7.11 Å². The Bertz CT molecular complexity index is 599. The fourth-order valence-corrected chi connectivity index (χ4v) is 1.95. The molecule has 0 fully saturated rings. The lowest BCUT2D eigenvalue weighted by molar-refractivity contribution is 0.101. The lowest BCUT2D eigenvalue weighted by atomic mass is 9.98. The number of benzene rings is 1. The van der Waals surface area contributed by atoms with E-state index in [-0.39, 0.29) is 5.78 Å². The van der Waals surface area contributed by atoms with Crippen LogP contribution in [-0.2, 0) is 0 Å². The Labute approximate surface area is 106 Å². The second-order valence-electron chi connectivity index (χ2n) is 4.19. The summed E-state index contributed by atoms with van der Waals surface area (Å²) in [6, 6.07) is 3.75. The number of aromatic nitrogens is 1. The number of Topliss-reactive ketones (excluding diaryl/α,β-unsaturated/α-hetero) is 1. The third-order valence-corrected chi connectivity index (χ3v) is 3.15. The quantitative estimate of drug-likeness (QED) is 0.779. The zero-order chi connectivity index (χ0) is 13.3. The van der Waals surface area contributed by atoms with E-state index in [1.165, 1.54) is 13.1 Å². The lowest BCUT2D eigenvalue weighted by Crippen LogP contribution is -1.96. The number of nitrogens with zero attached hydrogens (tertiary/aromatic N) is 1. The van der Waals surface area contributed by atoms with E-state index in [1.807, 2.05) is 26.0 Å². The van der Waals surface area contributed by atoms with Gasteiger partial charge < -0.3 is 9.26 Å². The molecule has 0 aliphatic heterocycles. The Kier molecular flexibility index (Phi) is 3.19. The summed E-state index contributed by atoms with van der Waals surface area (Å²) in [7, 11) is 1.64. The fraction of sp³-hybridized carbons (Fsp3) is 0.286. The third-order valence-electron chi connectivity index (χ3n) is 3.15. The molecule has 0 spiro atoms. The molecule has 1 aromatic carbocycles. The van der Waals surface area contributed by atoms with Crippen molar-refractivity contribution in [2.45, 2.75) is 20.8 Å². The van der Waals surface area contributed by atoms with Gasteiger partial charge in [0, 0.05) is 5.56 Å². The van der Waals surface area contributed by atoms with Crippen LogP contribution in [0, 0.1) is 13.8 Å². The van der Waals surface area contributed by atoms with E-state index in [2.05, 4.69) is 5.16 Å². The minimum Gasteiger partial charge on any atom is -0.496 e. The Morgan fingerprint density at radius 2 is 2.00 bits per heavy atom. The topological polar surface area (TPSA) is 52.3 Å². The molecule has 0 N–H and O–H groups in total. The molecule has 0 saturated heterocycles. The van der Waals surface area contributed by atoms with Crippen LogP contribution in [0.2, 0.25) is 0 Å². The molecule has 0 saturated carbocycles. The van der Waals surface area contributed by atoms with Crippen molar-refractivity contribution in [3.63, 3.8) is 0 Å². The molecule has 1 aromatic heterocycles. The van der Waals surface area contributed by atoms with E-state index in [0.29, 0.717) is 11.3 Å². The van der Waals surface area contributed by atoms with Crippen molar-refractivity contribution in [1.82, 2.24) is 5.16 Å². The first-order chi connectivity index (χ1) is 8.56. The molecular weight excluding hydrogens is 230 g/mol. The average molecular weight is 245 g/mol. The molecule has 0 unspecified atom stereocenters. The van der Waals surface area contributed by atoms with Crippen LogP contribution in [0.1, 0.15) is 28.4 Å². The Morgan fingerprint density at radius 1 is 1.28 bits per heavy atom. The Balaban J connectivity index is 2.62. The van der Waals surface area contributed by atoms with Gasteiger partial charge in [-0.2, -0.15) is 0 Å². The van der Waals surface area contributed by atoms with Gasteiger partial charge in [0.15, 0.2) is 11.5 Å². The maximum atomic E-state index is 11.5. The minimum atomic E-state index is -0.0564. The van der Waals surface area contributed by atoms with Crippen LogP contribution in [0.25, 0.3) is 11.3 Å². The second kappa shape index (κ2) is 4.64. The third kappa shape index (κ3) is 1.90. The number of ketones is 1. The summed E-state index contributed by atoms with van der Waals surface area (Å²) in [5.74, 6) is 1.28. The van der Waals surface area contributed by atoms with Gasteiger partial charge in [0.2, 0.25) is 0 Å². The van der Waals surface area contributed by atoms with Crippen LogP contribution in [0.3, 0.4) is 0 Å². The minimum absolute atomic E-state index is 0.0564. The predicted molar refractivity (Wildman–Crippen MR) is 68.0 cm³/mol. The number of rotatable bonds is 3. The van der Waals surface area contributed by atoms with Gasteiger partial charge in [0.05, 0.1) is 18.9 Å². The Hall–Kier alpha value is -2.10. The van der Waals surface area contributed by atoms with E-state index in [4.69, 9.17) is 9.26 Å². The number of carbonyl (C=O) groups excluding carboxylic acids is 1. The largest absolute Gasteiger partial charge is 0.496 e. The summed E-state index contributed by atoms with van der Waals surface area (Å²) < 4.78 is 10.5. The number of carbonyl (C=O) groups is 1. The van der Waals surface area contributed by atoms with Crippen molar-refractivity contribution in [1.29, 1.82) is 0 Å². The van der Waals surface area contributed by atoms with Crippen molar-refractivity contribution in [2.24, 2.45) is 0 Å². The smallest absolute Gasteiger partial charge is 0.177 e. The van der Waals surface area contributed by atoms with Gasteiger partial charge in [0.1, 0.15) is 5.75 Å². The molecule has 0 bridgehead atoms. The summed E-state index contributed by atoms with van der Waals surface area (Å²) in [5, 5.41) is 3.71. The van der Waals surface area contributed by atoms with Crippen LogP contribution in [-0.4, -0.2) is 18.0 Å². The normalized spacial score (nSPS) is 10.4. The van der Waals surface area contributed by atoms with Crippen molar-refractivity contribution in [3.8, 4) is 17.1 Å². The number of ether oxygens (including phenoxy) is 1. The molecular formula is C14H15NO3. The highest BCUT2D eigenvalue weighted by molar-refractivity contribution is 5.99. The van der Waals surface area contributed by atoms with Crippen molar-refractivity contribution in [3.05, 3.63) is 35.0 Å². The molecule has 4 nitrogen and oxygen atoms in total. The number of methoxy groups -OCH3 is 1. The van der Waals surface area contributed by atoms with Gasteiger partial charge in [0.25, 0.3) is 0 Å². The van der Waals surface area contributed by atoms with Gasteiger partial charge in [-0.25, -0.2) is 0 Å². The summed E-state index contributed by atoms with van der Waals surface area (Å²) >= 11 is 0. The first-order valence-corrected chi connectivity index (χ1v) is 5.66. The predicted octanol–water partition coefficient (Wildman–Crippen LogP) is 3.17. The molecule has 0 amide bonds. The fourth-order valence-electron chi connectivity index (χ4n) is 1.95. The summed E-state index contributed by atoms with van der Waals surface area (Å²) in [4.78, 5) is 11.5. The monoisotopic (exact) mass is 245 g/mol. The van der Waals surface area contributed by atoms with E-state index < -0.39 is 0 Å². The number of hydrogen-bond acceptors (Lipinski definition) is 4. The van der Waals surface area contributed by atoms with E-state index in [0.717, 1.165) is 22.4 Å². The molecule has 2 aromatic rings. The van der Waals surface area contributed by atoms with E-state index in [9.17, 15) is 4.79 Å². The van der Waals surface area contributed by atoms with Gasteiger partial charge >= 0.3 is 0 Å². The first kappa shape index (κ1) is 12.4. The van der Waals surface area contributed by atoms with Gasteiger partial charge in [-0.05, 0) is 44.0 Å². The highest BCUT2D eigenvalue weighted by Gasteiger charge is 2.18. The molecule has 0 aliphatic carbocycles. The van der Waals surface area contributed by atoms with Gasteiger partial charge in [-0.1, -0.05) is 5.16 Å². The number of hydrogen-bond donors (Lipinski definition) is 0. The maximum absolute atomic E-state index is 11.5. The van der Waals surface area contributed by atoms with Gasteiger partial charge in [-0.15, -0.1) is 0 Å². The second-order valence-corrected chi connectivity index (χ2v) is 4.19. The summed E-state index contributed by atoms with van der Waals surface area (Å²) in [6.07, 6.45) is 1.46. The van der Waals surface area contributed by atoms with Crippen molar-refractivity contribution >= 4 is 5.78 Å². The molecule has 1 heterocycles. The van der Waals surface area contributed by atoms with Gasteiger partial charge in [-0.3, -0.25) is 4.79 Å². The molecule has 4 heteroatoms. The highest BCUT2D eigenvalue weighted by atomic mass is 16.5. The van der Waals surface area contributed by atoms with Crippen LogP contribution < -0.4 is 4.74 Å².